The van der Waals surface area contributed by atoms with Crippen LogP contribution in [0.2, 0.25) is 0 Å². The highest BCUT2D eigenvalue weighted by atomic mass is 19.1. The van der Waals surface area contributed by atoms with Crippen LogP contribution >= 0.6 is 0 Å². The Morgan fingerprint density at radius 1 is 1.42 bits per heavy atom. The molecule has 0 aliphatic carbocycles. The molecule has 0 saturated carbocycles. The lowest BCUT2D eigenvalue weighted by atomic mass is 10.1. The molecule has 5 heteroatoms. The minimum atomic E-state index is -1.31. The van der Waals surface area contributed by atoms with Crippen molar-refractivity contribution in [3.05, 3.63) is 29.6 Å². The molecule has 0 spiro atoms. The fourth-order valence-electron chi connectivity index (χ4n) is 0.857. The summed E-state index contributed by atoms with van der Waals surface area (Å²) in [6, 6.07) is 0. The molecule has 0 aliphatic heterocycles. The first kappa shape index (κ1) is 9.02. The predicted molar refractivity (Wildman–Crippen MR) is 38.2 cm³/mol. The molecule has 12 heavy (non-hydrogen) atoms. The summed E-state index contributed by atoms with van der Waals surface area (Å²) in [6.07, 6.45) is 0.349. The molecule has 1 heterocycles. The summed E-state index contributed by atoms with van der Waals surface area (Å²) in [5, 5.41) is 9.06. The van der Waals surface area contributed by atoms with E-state index < -0.39 is 23.3 Å². The molecule has 0 aliphatic rings. The van der Waals surface area contributed by atoms with Crippen molar-refractivity contribution in [3.8, 4) is 0 Å². The average molecular weight is 174 g/mol. The van der Waals surface area contributed by atoms with Gasteiger partial charge in [0.15, 0.2) is 0 Å². The fraction of sp³-hybridized carbons (Fsp3) is 0.286. The summed E-state index contributed by atoms with van der Waals surface area (Å²) in [5.74, 6) is -1.76. The molecule has 66 valence electrons. The molecule has 1 aromatic rings. The number of aliphatic hydroxyl groups excluding tert-OH is 1. The second-order valence-electron chi connectivity index (χ2n) is 2.27. The molecule has 0 aromatic carbocycles. The number of nitrogens with two attached hydrogens (primary N) is 1. The number of aliphatic hydroxyl groups is 1. The first-order chi connectivity index (χ1) is 5.66. The van der Waals surface area contributed by atoms with Crippen LogP contribution in [0.15, 0.2) is 12.4 Å². The first-order valence-electron chi connectivity index (χ1n) is 3.34. The molecule has 1 rings (SSSR count). The van der Waals surface area contributed by atoms with E-state index >= 15 is 0 Å². The Balaban J connectivity index is 3.12. The van der Waals surface area contributed by atoms with E-state index in [1.54, 1.807) is 0 Å². The van der Waals surface area contributed by atoms with Gasteiger partial charge in [-0.15, -0.1) is 0 Å². The van der Waals surface area contributed by atoms with Crippen LogP contribution in [0.1, 0.15) is 11.7 Å². The summed E-state index contributed by atoms with van der Waals surface area (Å²) in [4.78, 5) is 3.26. The van der Waals surface area contributed by atoms with E-state index in [0.717, 1.165) is 12.4 Å². The van der Waals surface area contributed by atoms with Crippen LogP contribution in [0.3, 0.4) is 0 Å². The molecule has 0 bridgehead atoms. The van der Waals surface area contributed by atoms with Gasteiger partial charge in [-0.3, -0.25) is 4.98 Å². The van der Waals surface area contributed by atoms with Gasteiger partial charge >= 0.3 is 0 Å². The molecular formula is C7H8F2N2O. The van der Waals surface area contributed by atoms with Crippen molar-refractivity contribution < 1.29 is 13.9 Å². The maximum Gasteiger partial charge on any atom is 0.150 e. The van der Waals surface area contributed by atoms with Gasteiger partial charge in [0.1, 0.15) is 11.6 Å². The Kier molecular flexibility index (Phi) is 2.67. The third-order valence-electron chi connectivity index (χ3n) is 1.45. The van der Waals surface area contributed by atoms with Gasteiger partial charge in [-0.25, -0.2) is 8.78 Å². The lowest BCUT2D eigenvalue weighted by molar-refractivity contribution is 0.176. The van der Waals surface area contributed by atoms with Gasteiger partial charge in [-0.05, 0) is 0 Å². The maximum atomic E-state index is 12.8. The summed E-state index contributed by atoms with van der Waals surface area (Å²) >= 11 is 0. The van der Waals surface area contributed by atoms with Crippen LogP contribution in [0.4, 0.5) is 8.78 Å². The summed E-state index contributed by atoms with van der Waals surface area (Å²) in [5.41, 5.74) is 4.61. The number of pyridine rings is 1. The Bertz CT molecular complexity index is 260. The number of hydrogen-bond donors (Lipinski definition) is 2. The zero-order valence-electron chi connectivity index (χ0n) is 6.17. The SMILES string of the molecule is NCC(O)c1c(F)cncc1F. The zero-order chi connectivity index (χ0) is 9.14. The van der Waals surface area contributed by atoms with Crippen molar-refractivity contribution in [3.63, 3.8) is 0 Å². The van der Waals surface area contributed by atoms with Crippen molar-refractivity contribution in [1.82, 2.24) is 4.98 Å². The number of nitrogens with zero attached hydrogens (tertiary/aromatic N) is 1. The lowest BCUT2D eigenvalue weighted by Crippen LogP contribution is -2.15. The smallest absolute Gasteiger partial charge is 0.150 e. The second-order valence-corrected chi connectivity index (χ2v) is 2.27. The fourth-order valence-corrected chi connectivity index (χ4v) is 0.857. The maximum absolute atomic E-state index is 12.8. The molecule has 0 radical (unpaired) electrons. The molecule has 1 unspecified atom stereocenters. The van der Waals surface area contributed by atoms with Gasteiger partial charge in [0.2, 0.25) is 0 Å². The number of rotatable bonds is 2. The third-order valence-corrected chi connectivity index (χ3v) is 1.45. The Morgan fingerprint density at radius 2 is 1.92 bits per heavy atom. The van der Waals surface area contributed by atoms with Crippen LogP contribution in [0.5, 0.6) is 0 Å². The van der Waals surface area contributed by atoms with Crippen molar-refractivity contribution >= 4 is 0 Å². The van der Waals surface area contributed by atoms with E-state index in [2.05, 4.69) is 4.98 Å². The van der Waals surface area contributed by atoms with Crippen molar-refractivity contribution in [2.75, 3.05) is 6.54 Å². The summed E-state index contributed by atoms with van der Waals surface area (Å²) < 4.78 is 25.5. The summed E-state index contributed by atoms with van der Waals surface area (Å²) in [7, 11) is 0. The standard InChI is InChI=1S/C7H8F2N2O/c8-4-2-11-3-5(9)7(4)6(12)1-10/h2-3,6,12H,1,10H2. The Labute approximate surface area is 67.8 Å². The minimum absolute atomic E-state index is 0.224. The third kappa shape index (κ3) is 1.57. The van der Waals surface area contributed by atoms with Gasteiger partial charge in [-0.2, -0.15) is 0 Å². The minimum Gasteiger partial charge on any atom is -0.387 e. The van der Waals surface area contributed by atoms with E-state index in [1.807, 2.05) is 0 Å². The number of aromatic nitrogens is 1. The van der Waals surface area contributed by atoms with Gasteiger partial charge in [0.25, 0.3) is 0 Å². The molecule has 1 atom stereocenters. The Morgan fingerprint density at radius 3 is 2.33 bits per heavy atom. The van der Waals surface area contributed by atoms with E-state index in [-0.39, 0.29) is 6.54 Å². The van der Waals surface area contributed by atoms with Crippen LogP contribution in [-0.2, 0) is 0 Å². The lowest BCUT2D eigenvalue weighted by Gasteiger charge is -2.08. The van der Waals surface area contributed by atoms with Gasteiger partial charge < -0.3 is 10.8 Å². The molecular weight excluding hydrogens is 166 g/mol. The zero-order valence-corrected chi connectivity index (χ0v) is 6.17. The number of hydrogen-bond acceptors (Lipinski definition) is 3. The molecule has 0 amide bonds. The molecule has 1 aromatic heterocycles. The molecule has 3 nitrogen and oxygen atoms in total. The van der Waals surface area contributed by atoms with Crippen molar-refractivity contribution in [2.24, 2.45) is 5.73 Å². The van der Waals surface area contributed by atoms with E-state index in [0.29, 0.717) is 0 Å². The number of halogens is 2. The average Bonchev–Trinajstić information content (AvgIpc) is 2.03. The highest BCUT2D eigenvalue weighted by Crippen LogP contribution is 2.17. The summed E-state index contributed by atoms with van der Waals surface area (Å²) in [6.45, 7) is -0.224. The van der Waals surface area contributed by atoms with E-state index in [9.17, 15) is 8.78 Å². The van der Waals surface area contributed by atoms with Gasteiger partial charge in [-0.1, -0.05) is 0 Å². The van der Waals surface area contributed by atoms with E-state index in [1.165, 1.54) is 0 Å². The van der Waals surface area contributed by atoms with E-state index in [4.69, 9.17) is 10.8 Å². The van der Waals surface area contributed by atoms with Crippen LogP contribution in [-0.4, -0.2) is 16.6 Å². The van der Waals surface area contributed by atoms with Crippen molar-refractivity contribution in [1.29, 1.82) is 0 Å². The first-order valence-corrected chi connectivity index (χ1v) is 3.34. The largest absolute Gasteiger partial charge is 0.387 e. The van der Waals surface area contributed by atoms with Gasteiger partial charge in [0, 0.05) is 6.54 Å². The van der Waals surface area contributed by atoms with Crippen LogP contribution in [0, 0.1) is 11.6 Å². The predicted octanol–water partition coefficient (Wildman–Crippen LogP) is 0.352. The molecule has 0 saturated heterocycles. The topological polar surface area (TPSA) is 59.1 Å². The molecule has 0 fully saturated rings. The highest BCUT2D eigenvalue weighted by molar-refractivity contribution is 5.18. The second kappa shape index (κ2) is 3.55. The van der Waals surface area contributed by atoms with Crippen molar-refractivity contribution in [2.45, 2.75) is 6.10 Å². The van der Waals surface area contributed by atoms with Gasteiger partial charge in [0.05, 0.1) is 24.1 Å². The van der Waals surface area contributed by atoms with Crippen LogP contribution < -0.4 is 5.73 Å². The van der Waals surface area contributed by atoms with Crippen LogP contribution in [0.25, 0.3) is 0 Å². The molecule has 3 N–H and O–H groups in total. The highest BCUT2D eigenvalue weighted by Gasteiger charge is 2.16. The normalized spacial score (nSPS) is 13.0. The Hall–Kier alpha value is -1.07. The monoisotopic (exact) mass is 174 g/mol. The quantitative estimate of drug-likeness (QED) is 0.680.